The van der Waals surface area contributed by atoms with E-state index in [1.807, 2.05) is 19.1 Å². The standard InChI is InChI=1S/C17H27N2O4P/c1-4-22-24(21,23-5-2)13-17(20)18-16-9-8-15(12-14(16)3)19-10-6-7-11-19/h8-9,12H,4-7,10-11,13H2,1-3H3,(H,18,20). The summed E-state index contributed by atoms with van der Waals surface area (Å²) in [5.74, 6) is -0.364. The highest BCUT2D eigenvalue weighted by Gasteiger charge is 2.27. The third-order valence-corrected chi connectivity index (χ3v) is 5.92. The molecule has 0 saturated carbocycles. The first-order chi connectivity index (χ1) is 11.5. The molecule has 1 saturated heterocycles. The van der Waals surface area contributed by atoms with Crippen LogP contribution in [0.25, 0.3) is 0 Å². The van der Waals surface area contributed by atoms with Gasteiger partial charge in [0, 0.05) is 24.5 Å². The molecule has 0 radical (unpaired) electrons. The molecule has 0 unspecified atom stereocenters. The second-order valence-corrected chi connectivity index (χ2v) is 7.90. The van der Waals surface area contributed by atoms with Crippen molar-refractivity contribution in [3.05, 3.63) is 23.8 Å². The average molecular weight is 354 g/mol. The summed E-state index contributed by atoms with van der Waals surface area (Å²) in [6.07, 6.45) is 2.17. The first kappa shape index (κ1) is 19.0. The molecular weight excluding hydrogens is 327 g/mol. The topological polar surface area (TPSA) is 67.9 Å². The number of hydrogen-bond donors (Lipinski definition) is 1. The maximum Gasteiger partial charge on any atom is 0.340 e. The molecule has 1 amide bonds. The minimum absolute atomic E-state index is 0.244. The smallest absolute Gasteiger partial charge is 0.340 e. The van der Waals surface area contributed by atoms with Gasteiger partial charge < -0.3 is 19.3 Å². The van der Waals surface area contributed by atoms with Crippen LogP contribution >= 0.6 is 7.60 Å². The highest BCUT2D eigenvalue weighted by Crippen LogP contribution is 2.47. The number of carbonyl (C=O) groups is 1. The number of aryl methyl sites for hydroxylation is 1. The van der Waals surface area contributed by atoms with Gasteiger partial charge in [-0.3, -0.25) is 9.36 Å². The number of benzene rings is 1. The second-order valence-electron chi connectivity index (χ2n) is 5.85. The van der Waals surface area contributed by atoms with Gasteiger partial charge in [0.05, 0.1) is 13.2 Å². The number of nitrogens with zero attached hydrogens (tertiary/aromatic N) is 1. The molecule has 2 rings (SSSR count). The maximum absolute atomic E-state index is 12.4. The van der Waals surface area contributed by atoms with Crippen molar-refractivity contribution in [2.75, 3.05) is 42.7 Å². The lowest BCUT2D eigenvalue weighted by Gasteiger charge is -2.20. The van der Waals surface area contributed by atoms with Gasteiger partial charge in [0.15, 0.2) is 0 Å². The van der Waals surface area contributed by atoms with Crippen LogP contribution in [0.1, 0.15) is 32.3 Å². The van der Waals surface area contributed by atoms with Gasteiger partial charge >= 0.3 is 7.60 Å². The van der Waals surface area contributed by atoms with Crippen molar-refractivity contribution in [3.63, 3.8) is 0 Å². The molecule has 1 aromatic rings. The van der Waals surface area contributed by atoms with E-state index in [9.17, 15) is 9.36 Å². The number of anilines is 2. The van der Waals surface area contributed by atoms with E-state index in [0.717, 1.165) is 24.3 Å². The van der Waals surface area contributed by atoms with Gasteiger partial charge in [-0.15, -0.1) is 0 Å². The lowest BCUT2D eigenvalue weighted by atomic mass is 10.1. The Morgan fingerprint density at radius 3 is 2.38 bits per heavy atom. The Morgan fingerprint density at radius 1 is 1.21 bits per heavy atom. The lowest BCUT2D eigenvalue weighted by molar-refractivity contribution is -0.114. The average Bonchev–Trinajstić information content (AvgIpc) is 3.03. The van der Waals surface area contributed by atoms with Crippen molar-refractivity contribution < 1.29 is 18.4 Å². The van der Waals surface area contributed by atoms with Crippen molar-refractivity contribution in [3.8, 4) is 0 Å². The SMILES string of the molecule is CCOP(=O)(CC(=O)Nc1ccc(N2CCCC2)cc1C)OCC. The summed E-state index contributed by atoms with van der Waals surface area (Å²) >= 11 is 0. The van der Waals surface area contributed by atoms with Crippen molar-refractivity contribution in [2.45, 2.75) is 33.6 Å². The fourth-order valence-corrected chi connectivity index (χ4v) is 4.32. The molecule has 1 N–H and O–H groups in total. The fourth-order valence-electron chi connectivity index (χ4n) is 2.85. The number of amides is 1. The Kier molecular flexibility index (Phi) is 6.84. The van der Waals surface area contributed by atoms with Gasteiger partial charge in [0.1, 0.15) is 6.16 Å². The van der Waals surface area contributed by atoms with Crippen molar-refractivity contribution in [1.82, 2.24) is 0 Å². The van der Waals surface area contributed by atoms with Gasteiger partial charge in [-0.2, -0.15) is 0 Å². The number of carbonyl (C=O) groups excluding carboxylic acids is 1. The van der Waals surface area contributed by atoms with Crippen molar-refractivity contribution in [1.29, 1.82) is 0 Å². The van der Waals surface area contributed by atoms with E-state index in [2.05, 4.69) is 16.3 Å². The molecule has 0 atom stereocenters. The zero-order valence-corrected chi connectivity index (χ0v) is 15.6. The van der Waals surface area contributed by atoms with E-state index in [-0.39, 0.29) is 25.3 Å². The van der Waals surface area contributed by atoms with E-state index in [0.29, 0.717) is 0 Å². The first-order valence-electron chi connectivity index (χ1n) is 8.51. The quantitative estimate of drug-likeness (QED) is 0.719. The molecule has 134 valence electrons. The van der Waals surface area contributed by atoms with Crippen molar-refractivity contribution >= 4 is 24.9 Å². The molecule has 0 aromatic heterocycles. The summed E-state index contributed by atoms with van der Waals surface area (Å²) in [4.78, 5) is 14.6. The van der Waals surface area contributed by atoms with Crippen LogP contribution in [0.15, 0.2) is 18.2 Å². The van der Waals surface area contributed by atoms with Gasteiger partial charge in [-0.25, -0.2) is 0 Å². The summed E-state index contributed by atoms with van der Waals surface area (Å²) < 4.78 is 22.7. The summed E-state index contributed by atoms with van der Waals surface area (Å²) in [5.41, 5.74) is 2.88. The fraction of sp³-hybridized carbons (Fsp3) is 0.588. The highest BCUT2D eigenvalue weighted by atomic mass is 31.2. The monoisotopic (exact) mass is 354 g/mol. The Labute approximate surface area is 144 Å². The summed E-state index contributed by atoms with van der Waals surface area (Å²) in [5, 5.41) is 2.81. The summed E-state index contributed by atoms with van der Waals surface area (Å²) in [6.45, 7) is 8.06. The minimum Gasteiger partial charge on any atom is -0.372 e. The van der Waals surface area contributed by atoms with Crippen LogP contribution in [0.3, 0.4) is 0 Å². The van der Waals surface area contributed by atoms with E-state index < -0.39 is 7.60 Å². The Morgan fingerprint density at radius 2 is 1.83 bits per heavy atom. The third-order valence-electron chi connectivity index (χ3n) is 3.94. The molecule has 1 heterocycles. The number of rotatable bonds is 8. The van der Waals surface area contributed by atoms with Crippen LogP contribution in [0, 0.1) is 6.92 Å². The zero-order chi connectivity index (χ0) is 17.6. The molecule has 1 fully saturated rings. The molecule has 1 aromatic carbocycles. The van der Waals surface area contributed by atoms with E-state index in [4.69, 9.17) is 9.05 Å². The predicted molar refractivity (Wildman–Crippen MR) is 97.0 cm³/mol. The molecule has 7 heteroatoms. The van der Waals surface area contributed by atoms with Crippen LogP contribution in [-0.2, 0) is 18.4 Å². The summed E-state index contributed by atoms with van der Waals surface area (Å²) in [6, 6.07) is 5.98. The van der Waals surface area contributed by atoms with Crippen LogP contribution in [0.4, 0.5) is 11.4 Å². The van der Waals surface area contributed by atoms with Crippen molar-refractivity contribution in [2.24, 2.45) is 0 Å². The first-order valence-corrected chi connectivity index (χ1v) is 10.2. The largest absolute Gasteiger partial charge is 0.372 e. The molecule has 0 spiro atoms. The normalized spacial score (nSPS) is 14.9. The Balaban J connectivity index is 2.01. The lowest BCUT2D eigenvalue weighted by Crippen LogP contribution is -2.20. The second kappa shape index (κ2) is 8.65. The third kappa shape index (κ3) is 5.07. The van der Waals surface area contributed by atoms with Crippen LogP contribution in [0.5, 0.6) is 0 Å². The van der Waals surface area contributed by atoms with Gasteiger partial charge in [-0.05, 0) is 57.4 Å². The number of nitrogens with one attached hydrogen (secondary N) is 1. The molecule has 0 bridgehead atoms. The van der Waals surface area contributed by atoms with E-state index >= 15 is 0 Å². The molecule has 1 aliphatic rings. The maximum atomic E-state index is 12.4. The zero-order valence-electron chi connectivity index (χ0n) is 14.7. The van der Waals surface area contributed by atoms with Gasteiger partial charge in [0.2, 0.25) is 5.91 Å². The minimum atomic E-state index is -3.37. The molecule has 6 nitrogen and oxygen atoms in total. The Bertz CT molecular complexity index is 605. The van der Waals surface area contributed by atoms with Gasteiger partial charge in [0.25, 0.3) is 0 Å². The summed E-state index contributed by atoms with van der Waals surface area (Å²) in [7, 11) is -3.37. The van der Waals surface area contributed by atoms with Gasteiger partial charge in [-0.1, -0.05) is 0 Å². The van der Waals surface area contributed by atoms with Crippen LogP contribution in [0.2, 0.25) is 0 Å². The van der Waals surface area contributed by atoms with E-state index in [1.54, 1.807) is 13.8 Å². The molecular formula is C17H27N2O4P. The van der Waals surface area contributed by atoms with Crippen LogP contribution in [-0.4, -0.2) is 38.4 Å². The highest BCUT2D eigenvalue weighted by molar-refractivity contribution is 7.54. The van der Waals surface area contributed by atoms with Crippen LogP contribution < -0.4 is 10.2 Å². The molecule has 1 aliphatic heterocycles. The predicted octanol–water partition coefficient (Wildman–Crippen LogP) is 3.80. The van der Waals surface area contributed by atoms with E-state index in [1.165, 1.54) is 18.5 Å². The number of hydrogen-bond acceptors (Lipinski definition) is 5. The molecule has 0 aliphatic carbocycles. The molecule has 24 heavy (non-hydrogen) atoms. The Hall–Kier alpha value is -1.36.